The number of para-hydroxylation sites is 3. The second-order valence-corrected chi connectivity index (χ2v) is 15.3. The van der Waals surface area contributed by atoms with Crippen molar-refractivity contribution in [3.8, 4) is 56.0 Å². The number of nitrogens with zero attached hydrogens (tertiary/aromatic N) is 2. The van der Waals surface area contributed by atoms with Gasteiger partial charge < -0.3 is 14.5 Å². The third kappa shape index (κ3) is 6.78. The van der Waals surface area contributed by atoms with Crippen molar-refractivity contribution in [2.24, 2.45) is 0 Å². The van der Waals surface area contributed by atoms with Gasteiger partial charge in [-0.2, -0.15) is 0 Å². The predicted octanol–water partition coefficient (Wildman–Crippen LogP) is 16.6. The lowest BCUT2D eigenvalue weighted by molar-refractivity contribution is 0.488. The molecule has 0 radical (unpaired) electrons. The van der Waals surface area contributed by atoms with E-state index in [0.717, 1.165) is 78.6 Å². The first-order chi connectivity index (χ1) is 30.2. The molecule has 0 aromatic heterocycles. The lowest BCUT2D eigenvalue weighted by Crippen LogP contribution is -2.12. The first-order valence-corrected chi connectivity index (χ1v) is 20.7. The summed E-state index contributed by atoms with van der Waals surface area (Å²) >= 11 is 0. The second-order valence-electron chi connectivity index (χ2n) is 15.3. The van der Waals surface area contributed by atoms with Gasteiger partial charge in [-0.15, -0.1) is 0 Å². The van der Waals surface area contributed by atoms with Gasteiger partial charge in [0, 0.05) is 39.4 Å². The van der Waals surface area contributed by atoms with Gasteiger partial charge in [0.1, 0.15) is 5.75 Å². The molecule has 10 aromatic rings. The van der Waals surface area contributed by atoms with Crippen LogP contribution in [0.15, 0.2) is 243 Å². The molecule has 11 rings (SSSR count). The normalized spacial score (nSPS) is 11.4. The van der Waals surface area contributed by atoms with Crippen molar-refractivity contribution in [2.75, 3.05) is 9.80 Å². The van der Waals surface area contributed by atoms with Crippen molar-refractivity contribution < 1.29 is 4.74 Å². The Hall–Kier alpha value is -8.14. The summed E-state index contributed by atoms with van der Waals surface area (Å²) in [5.41, 5.74) is 15.5. The molecular weight excluding hydrogens is 741 g/mol. The van der Waals surface area contributed by atoms with E-state index in [9.17, 15) is 0 Å². The highest BCUT2D eigenvalue weighted by atomic mass is 16.5. The van der Waals surface area contributed by atoms with Crippen LogP contribution in [0, 0.1) is 0 Å². The Morgan fingerprint density at radius 3 is 1.21 bits per heavy atom. The SMILES string of the molecule is c1ccc(-c2ccc(N(c3ccc(-c4ccccc4)cc3)c3cccc4c3Oc3cc(-c5ccc(N(c6ccccc6)c6ccccc6)cc5)cc5cccc-4c35)cc2)cc1. The third-order valence-electron chi connectivity index (χ3n) is 11.6. The van der Waals surface area contributed by atoms with E-state index < -0.39 is 0 Å². The van der Waals surface area contributed by atoms with Crippen LogP contribution in [0.2, 0.25) is 0 Å². The summed E-state index contributed by atoms with van der Waals surface area (Å²) in [6, 6.07) is 86.2. The molecule has 3 nitrogen and oxygen atoms in total. The molecule has 0 spiro atoms. The van der Waals surface area contributed by atoms with Crippen LogP contribution < -0.4 is 14.5 Å². The molecule has 0 fully saturated rings. The molecule has 0 saturated heterocycles. The number of anilines is 6. The van der Waals surface area contributed by atoms with E-state index in [4.69, 9.17) is 4.74 Å². The highest BCUT2D eigenvalue weighted by molar-refractivity contribution is 6.07. The van der Waals surface area contributed by atoms with Crippen LogP contribution in [-0.4, -0.2) is 0 Å². The summed E-state index contributed by atoms with van der Waals surface area (Å²) in [6.07, 6.45) is 0. The molecule has 0 amide bonds. The molecule has 0 bridgehead atoms. The molecule has 1 aliphatic heterocycles. The molecule has 0 aliphatic carbocycles. The predicted molar refractivity (Wildman–Crippen MR) is 255 cm³/mol. The van der Waals surface area contributed by atoms with Crippen molar-refractivity contribution in [1.82, 2.24) is 0 Å². The van der Waals surface area contributed by atoms with Crippen molar-refractivity contribution in [1.29, 1.82) is 0 Å². The molecular formula is C58H40N2O. The number of hydrogen-bond acceptors (Lipinski definition) is 3. The summed E-state index contributed by atoms with van der Waals surface area (Å²) in [4.78, 5) is 4.61. The second kappa shape index (κ2) is 15.6. The van der Waals surface area contributed by atoms with Crippen LogP contribution in [0.25, 0.3) is 55.3 Å². The number of ether oxygens (including phenoxy) is 1. The summed E-state index contributed by atoms with van der Waals surface area (Å²) in [5.74, 6) is 1.68. The maximum absolute atomic E-state index is 7.18. The Labute approximate surface area is 356 Å². The highest BCUT2D eigenvalue weighted by Gasteiger charge is 2.27. The average molecular weight is 781 g/mol. The summed E-state index contributed by atoms with van der Waals surface area (Å²) in [7, 11) is 0. The lowest BCUT2D eigenvalue weighted by Gasteiger charge is -2.31. The van der Waals surface area contributed by atoms with E-state index in [2.05, 4.69) is 252 Å². The van der Waals surface area contributed by atoms with Gasteiger partial charge in [-0.1, -0.05) is 164 Å². The van der Waals surface area contributed by atoms with Crippen molar-refractivity contribution in [3.63, 3.8) is 0 Å². The summed E-state index contributed by atoms with van der Waals surface area (Å²) in [5, 5.41) is 2.27. The van der Waals surface area contributed by atoms with E-state index in [-0.39, 0.29) is 0 Å². The first kappa shape index (κ1) is 36.0. The molecule has 0 N–H and O–H groups in total. The molecule has 1 heterocycles. The van der Waals surface area contributed by atoms with Gasteiger partial charge in [0.05, 0.1) is 5.69 Å². The van der Waals surface area contributed by atoms with Gasteiger partial charge in [0.2, 0.25) is 0 Å². The lowest BCUT2D eigenvalue weighted by atomic mass is 9.91. The zero-order valence-corrected chi connectivity index (χ0v) is 33.4. The number of hydrogen-bond donors (Lipinski definition) is 0. The fourth-order valence-electron chi connectivity index (χ4n) is 8.69. The summed E-state index contributed by atoms with van der Waals surface area (Å²) < 4.78 is 7.18. The average Bonchev–Trinajstić information content (AvgIpc) is 3.34. The van der Waals surface area contributed by atoms with Crippen LogP contribution in [-0.2, 0) is 0 Å². The van der Waals surface area contributed by atoms with E-state index >= 15 is 0 Å². The standard InChI is InChI=1S/C58H40N2O/c1-5-15-41(16-6-1)43-27-35-51(36-28-43)60(52-37-29-44(30-38-52)42-17-7-2-8-18-42)55-26-14-25-54-53-24-13-19-46-39-47(40-56(57(46)53)61-58(54)55)45-31-33-50(34-32-45)59(48-20-9-3-10-21-48)49-22-11-4-12-23-49/h1-40H. The molecule has 1 aliphatic rings. The van der Waals surface area contributed by atoms with Crippen molar-refractivity contribution in [2.45, 2.75) is 0 Å². The first-order valence-electron chi connectivity index (χ1n) is 20.7. The van der Waals surface area contributed by atoms with Crippen LogP contribution in [0.3, 0.4) is 0 Å². The zero-order valence-electron chi connectivity index (χ0n) is 33.4. The molecule has 61 heavy (non-hydrogen) atoms. The van der Waals surface area contributed by atoms with Crippen molar-refractivity contribution in [3.05, 3.63) is 243 Å². The Morgan fingerprint density at radius 2 is 0.689 bits per heavy atom. The highest BCUT2D eigenvalue weighted by Crippen LogP contribution is 2.53. The third-order valence-corrected chi connectivity index (χ3v) is 11.6. The van der Waals surface area contributed by atoms with Crippen LogP contribution in [0.1, 0.15) is 0 Å². The van der Waals surface area contributed by atoms with E-state index in [1.54, 1.807) is 0 Å². The Morgan fingerprint density at radius 1 is 0.279 bits per heavy atom. The number of benzene rings is 10. The van der Waals surface area contributed by atoms with Crippen LogP contribution >= 0.6 is 0 Å². The number of rotatable bonds is 9. The maximum Gasteiger partial charge on any atom is 0.159 e. The van der Waals surface area contributed by atoms with E-state index in [1.165, 1.54) is 22.3 Å². The van der Waals surface area contributed by atoms with Gasteiger partial charge in [-0.3, -0.25) is 0 Å². The molecule has 0 atom stereocenters. The van der Waals surface area contributed by atoms with Gasteiger partial charge in [0.25, 0.3) is 0 Å². The van der Waals surface area contributed by atoms with Crippen molar-refractivity contribution >= 4 is 44.9 Å². The minimum Gasteiger partial charge on any atom is -0.454 e. The fourth-order valence-corrected chi connectivity index (χ4v) is 8.69. The summed E-state index contributed by atoms with van der Waals surface area (Å²) in [6.45, 7) is 0. The molecule has 10 aromatic carbocycles. The van der Waals surface area contributed by atoms with E-state index in [1.807, 2.05) is 0 Å². The minimum atomic E-state index is 0.829. The Balaban J connectivity index is 1.00. The quantitative estimate of drug-likeness (QED) is 0.145. The molecule has 3 heteroatoms. The smallest absolute Gasteiger partial charge is 0.159 e. The topological polar surface area (TPSA) is 15.7 Å². The Kier molecular flexibility index (Phi) is 9.18. The monoisotopic (exact) mass is 780 g/mol. The number of fused-ring (bicyclic) bond motifs is 2. The molecule has 288 valence electrons. The minimum absolute atomic E-state index is 0.829. The van der Waals surface area contributed by atoms with Gasteiger partial charge in [0.15, 0.2) is 5.75 Å². The molecule has 0 saturated carbocycles. The fraction of sp³-hybridized carbons (Fsp3) is 0. The van der Waals surface area contributed by atoms with Gasteiger partial charge >= 0.3 is 0 Å². The zero-order chi connectivity index (χ0) is 40.5. The van der Waals surface area contributed by atoms with Gasteiger partial charge in [-0.05, 0) is 123 Å². The van der Waals surface area contributed by atoms with Crippen LogP contribution in [0.5, 0.6) is 11.5 Å². The molecule has 0 unspecified atom stereocenters. The van der Waals surface area contributed by atoms with Gasteiger partial charge in [-0.25, -0.2) is 0 Å². The maximum atomic E-state index is 7.18. The largest absolute Gasteiger partial charge is 0.454 e. The Bertz CT molecular complexity index is 2990. The van der Waals surface area contributed by atoms with Crippen LogP contribution in [0.4, 0.5) is 34.1 Å². The van der Waals surface area contributed by atoms with E-state index in [0.29, 0.717) is 0 Å².